The first kappa shape index (κ1) is 16.9. The number of aliphatic hydroxyl groups is 2. The normalized spacial score (nSPS) is 13.8. The van der Waals surface area contributed by atoms with E-state index in [0.29, 0.717) is 24.2 Å². The first-order valence-electron chi connectivity index (χ1n) is 6.48. The third-order valence-electron chi connectivity index (χ3n) is 2.86. The third-order valence-corrected chi connectivity index (χ3v) is 3.70. The van der Waals surface area contributed by atoms with Crippen LogP contribution >= 0.6 is 11.8 Å². The van der Waals surface area contributed by atoms with Crippen molar-refractivity contribution in [1.82, 2.24) is 0 Å². The Morgan fingerprint density at radius 1 is 1.15 bits per heavy atom. The highest BCUT2D eigenvalue weighted by Gasteiger charge is 2.18. The van der Waals surface area contributed by atoms with Gasteiger partial charge in [0, 0.05) is 19.1 Å². The van der Waals surface area contributed by atoms with Gasteiger partial charge in [-0.25, -0.2) is 0 Å². The number of thioether (sulfide) groups is 1. The van der Waals surface area contributed by atoms with Crippen molar-refractivity contribution in [3.8, 4) is 0 Å². The van der Waals surface area contributed by atoms with E-state index < -0.39 is 12.2 Å². The van der Waals surface area contributed by atoms with Gasteiger partial charge in [-0.3, -0.25) is 9.59 Å². The van der Waals surface area contributed by atoms with Gasteiger partial charge in [0.15, 0.2) is 5.12 Å². The Hall–Kier alpha value is -1.17. The topological polar surface area (TPSA) is 74.6 Å². The molecular weight excluding hydrogens is 276 g/mol. The molecule has 1 aromatic rings. The molecule has 0 radical (unpaired) electrons. The summed E-state index contributed by atoms with van der Waals surface area (Å²) in [6.07, 6.45) is -1.16. The Balaban J connectivity index is 2.55. The van der Waals surface area contributed by atoms with Crippen molar-refractivity contribution >= 4 is 22.7 Å². The molecule has 0 aliphatic carbocycles. The van der Waals surface area contributed by atoms with Gasteiger partial charge in [0.25, 0.3) is 0 Å². The Bertz CT molecular complexity index is 455. The Morgan fingerprint density at radius 3 is 2.25 bits per heavy atom. The smallest absolute Gasteiger partial charge is 0.185 e. The average Bonchev–Trinajstić information content (AvgIpc) is 2.37. The van der Waals surface area contributed by atoms with Gasteiger partial charge in [-0.1, -0.05) is 36.0 Å². The van der Waals surface area contributed by atoms with E-state index >= 15 is 0 Å². The van der Waals surface area contributed by atoms with E-state index in [1.54, 1.807) is 24.3 Å². The summed E-state index contributed by atoms with van der Waals surface area (Å²) in [6, 6.07) is 6.97. The van der Waals surface area contributed by atoms with E-state index in [1.807, 2.05) is 0 Å². The van der Waals surface area contributed by atoms with Crippen LogP contribution < -0.4 is 0 Å². The summed E-state index contributed by atoms with van der Waals surface area (Å²) >= 11 is 1.13. The maximum absolute atomic E-state index is 11.0. The van der Waals surface area contributed by atoms with Crippen LogP contribution in [0.1, 0.15) is 37.5 Å². The molecule has 0 spiro atoms. The van der Waals surface area contributed by atoms with Crippen molar-refractivity contribution in [1.29, 1.82) is 0 Å². The molecule has 0 fully saturated rings. The van der Waals surface area contributed by atoms with Gasteiger partial charge in [0.05, 0.1) is 6.10 Å². The summed E-state index contributed by atoms with van der Waals surface area (Å²) in [5, 5.41) is 19.9. The SMILES string of the molecule is CC(=O)Cc1ccc(C(O)C(O)CCSC(C)=O)cc1. The molecule has 0 amide bonds. The molecule has 4 nitrogen and oxygen atoms in total. The molecule has 0 aliphatic rings. The lowest BCUT2D eigenvalue weighted by Gasteiger charge is -2.18. The van der Waals surface area contributed by atoms with Crippen molar-refractivity contribution in [3.05, 3.63) is 35.4 Å². The monoisotopic (exact) mass is 296 g/mol. The van der Waals surface area contributed by atoms with Gasteiger partial charge in [-0.15, -0.1) is 0 Å². The Kier molecular flexibility index (Phi) is 6.91. The van der Waals surface area contributed by atoms with Gasteiger partial charge in [-0.05, 0) is 24.5 Å². The highest BCUT2D eigenvalue weighted by molar-refractivity contribution is 8.13. The zero-order valence-corrected chi connectivity index (χ0v) is 12.5. The number of carbonyl (C=O) groups excluding carboxylic acids is 2. The fourth-order valence-electron chi connectivity index (χ4n) is 1.82. The number of aliphatic hydroxyl groups excluding tert-OH is 2. The van der Waals surface area contributed by atoms with Crippen LogP contribution in [-0.2, 0) is 16.0 Å². The number of hydrogen-bond acceptors (Lipinski definition) is 5. The lowest BCUT2D eigenvalue weighted by Crippen LogP contribution is -2.19. The third kappa shape index (κ3) is 5.86. The molecule has 0 saturated carbocycles. The second-order valence-corrected chi connectivity index (χ2v) is 6.03. The van der Waals surface area contributed by atoms with Crippen LogP contribution in [0.3, 0.4) is 0 Å². The van der Waals surface area contributed by atoms with Crippen LogP contribution in [0.4, 0.5) is 0 Å². The average molecular weight is 296 g/mol. The fourth-order valence-corrected chi connectivity index (χ4v) is 2.47. The van der Waals surface area contributed by atoms with Crippen molar-refractivity contribution in [2.24, 2.45) is 0 Å². The molecule has 2 N–H and O–H groups in total. The fraction of sp³-hybridized carbons (Fsp3) is 0.467. The van der Waals surface area contributed by atoms with Crippen molar-refractivity contribution in [2.45, 2.75) is 38.9 Å². The van der Waals surface area contributed by atoms with Gasteiger partial charge in [0.1, 0.15) is 11.9 Å². The number of rotatable bonds is 7. The van der Waals surface area contributed by atoms with Crippen LogP contribution in [-0.4, -0.2) is 33.0 Å². The minimum absolute atomic E-state index is 0.000255. The zero-order chi connectivity index (χ0) is 15.1. The molecule has 20 heavy (non-hydrogen) atoms. The second-order valence-electron chi connectivity index (χ2n) is 4.76. The van der Waals surface area contributed by atoms with Gasteiger partial charge in [-0.2, -0.15) is 0 Å². The first-order valence-corrected chi connectivity index (χ1v) is 7.46. The van der Waals surface area contributed by atoms with E-state index in [2.05, 4.69) is 0 Å². The van der Waals surface area contributed by atoms with Gasteiger partial charge < -0.3 is 10.2 Å². The molecular formula is C15H20O4S. The number of ketones is 1. The molecule has 0 aromatic heterocycles. The van der Waals surface area contributed by atoms with Gasteiger partial charge >= 0.3 is 0 Å². The first-order chi connectivity index (χ1) is 9.40. The predicted octanol–water partition coefficient (Wildman–Crippen LogP) is 1.88. The van der Waals surface area contributed by atoms with Crippen molar-refractivity contribution in [2.75, 3.05) is 5.75 Å². The standard InChI is InChI=1S/C15H20O4S/c1-10(16)9-12-3-5-13(6-4-12)15(19)14(18)7-8-20-11(2)17/h3-6,14-15,18-19H,7-9H2,1-2H3. The quantitative estimate of drug-likeness (QED) is 0.803. The van der Waals surface area contributed by atoms with Crippen LogP contribution in [0.15, 0.2) is 24.3 Å². The summed E-state index contributed by atoms with van der Waals surface area (Å²) < 4.78 is 0. The predicted molar refractivity (Wildman–Crippen MR) is 79.5 cm³/mol. The van der Waals surface area contributed by atoms with E-state index in [4.69, 9.17) is 0 Å². The zero-order valence-electron chi connectivity index (χ0n) is 11.7. The van der Waals surface area contributed by atoms with Crippen molar-refractivity contribution < 1.29 is 19.8 Å². The van der Waals surface area contributed by atoms with E-state index in [9.17, 15) is 19.8 Å². The maximum atomic E-state index is 11.0. The van der Waals surface area contributed by atoms with E-state index in [-0.39, 0.29) is 10.9 Å². The number of hydrogen-bond donors (Lipinski definition) is 2. The number of Topliss-reactive ketones (excluding diaryl/α,β-unsaturated/α-hetero) is 1. The molecule has 0 bridgehead atoms. The lowest BCUT2D eigenvalue weighted by molar-refractivity contribution is -0.116. The molecule has 2 atom stereocenters. The van der Waals surface area contributed by atoms with Crippen LogP contribution in [0.5, 0.6) is 0 Å². The number of benzene rings is 1. The van der Waals surface area contributed by atoms with Gasteiger partial charge in [0.2, 0.25) is 0 Å². The lowest BCUT2D eigenvalue weighted by atomic mass is 10.00. The van der Waals surface area contributed by atoms with Crippen molar-refractivity contribution in [3.63, 3.8) is 0 Å². The van der Waals surface area contributed by atoms with Crippen LogP contribution in [0.25, 0.3) is 0 Å². The highest BCUT2D eigenvalue weighted by Crippen LogP contribution is 2.21. The Labute approximate surface area is 123 Å². The van der Waals surface area contributed by atoms with Crippen LogP contribution in [0.2, 0.25) is 0 Å². The largest absolute Gasteiger partial charge is 0.390 e. The summed E-state index contributed by atoms with van der Waals surface area (Å²) in [6.45, 7) is 3.00. The summed E-state index contributed by atoms with van der Waals surface area (Å²) in [5.41, 5.74) is 1.49. The van der Waals surface area contributed by atoms with E-state index in [0.717, 1.165) is 17.3 Å². The molecule has 0 saturated heterocycles. The molecule has 2 unspecified atom stereocenters. The molecule has 0 heterocycles. The molecule has 1 aromatic carbocycles. The molecule has 110 valence electrons. The van der Waals surface area contributed by atoms with E-state index in [1.165, 1.54) is 13.8 Å². The summed E-state index contributed by atoms with van der Waals surface area (Å²) in [7, 11) is 0. The summed E-state index contributed by atoms with van der Waals surface area (Å²) in [5.74, 6) is 0.565. The molecule has 0 aliphatic heterocycles. The second kappa shape index (κ2) is 8.19. The van der Waals surface area contributed by atoms with Crippen LogP contribution in [0, 0.1) is 0 Å². The maximum Gasteiger partial charge on any atom is 0.185 e. The minimum Gasteiger partial charge on any atom is -0.390 e. The highest BCUT2D eigenvalue weighted by atomic mass is 32.2. The molecule has 5 heteroatoms. The number of carbonyl (C=O) groups is 2. The minimum atomic E-state index is -0.978. The molecule has 1 rings (SSSR count). The Morgan fingerprint density at radius 2 is 1.75 bits per heavy atom. The summed E-state index contributed by atoms with van der Waals surface area (Å²) in [4.78, 5) is 21.8.